The normalized spacial score (nSPS) is 22.3. The van der Waals surface area contributed by atoms with Gasteiger partial charge in [0.25, 0.3) is 5.91 Å². The van der Waals surface area contributed by atoms with Crippen molar-refractivity contribution < 1.29 is 22.7 Å². The van der Waals surface area contributed by atoms with Crippen molar-refractivity contribution in [3.05, 3.63) is 47.0 Å². The molecule has 1 aromatic heterocycles. The Kier molecular flexibility index (Phi) is 3.93. The number of rotatable bonds is 2. The highest BCUT2D eigenvalue weighted by molar-refractivity contribution is 5.92. The fourth-order valence-corrected chi connectivity index (χ4v) is 3.89. The summed E-state index contributed by atoms with van der Waals surface area (Å²) in [6.07, 6.45) is -3.56. The number of aromatic nitrogens is 2. The third kappa shape index (κ3) is 2.83. The molecule has 1 amide bonds. The highest BCUT2D eigenvalue weighted by Crippen LogP contribution is 2.39. The number of halogens is 3. The number of fused-ring (bicyclic) bond motifs is 2. The molecule has 4 rings (SSSR count). The van der Waals surface area contributed by atoms with Crippen LogP contribution in [0.25, 0.3) is 0 Å². The van der Waals surface area contributed by atoms with Crippen molar-refractivity contribution in [3.8, 4) is 5.75 Å². The number of amides is 1. The number of carbonyl (C=O) groups is 1. The topological polar surface area (TPSA) is 70.1 Å². The molecular weight excluding hydrogens is 347 g/mol. The standard InChI is InChI=1S/C18H18F3N3O2/c19-18(20,21)12-5-6-14-23-15(17(22)25)16(24(14)8-12)11-7-10-3-1-2-4-13(10)26-9-11/h1-4,11-12H,5-9H2,(H2,22,25)/t11-,12?/m0/s1. The highest BCUT2D eigenvalue weighted by atomic mass is 19.4. The smallest absolute Gasteiger partial charge is 0.393 e. The molecule has 2 atom stereocenters. The number of ether oxygens (including phenoxy) is 1. The Morgan fingerprint density at radius 2 is 2.08 bits per heavy atom. The van der Waals surface area contributed by atoms with Crippen LogP contribution in [0.15, 0.2) is 24.3 Å². The second-order valence-electron chi connectivity index (χ2n) is 6.83. The van der Waals surface area contributed by atoms with Gasteiger partial charge in [0, 0.05) is 18.9 Å². The molecule has 8 heteroatoms. The molecule has 2 N–H and O–H groups in total. The highest BCUT2D eigenvalue weighted by Gasteiger charge is 2.43. The summed E-state index contributed by atoms with van der Waals surface area (Å²) in [7, 11) is 0. The number of primary amides is 1. The summed E-state index contributed by atoms with van der Waals surface area (Å²) in [6, 6.07) is 7.51. The Morgan fingerprint density at radius 3 is 2.81 bits per heavy atom. The molecule has 1 unspecified atom stereocenters. The van der Waals surface area contributed by atoms with Crippen molar-refractivity contribution in [2.45, 2.75) is 37.9 Å². The molecule has 0 saturated carbocycles. The molecule has 138 valence electrons. The Bertz CT molecular complexity index is 860. The number of para-hydroxylation sites is 1. The van der Waals surface area contributed by atoms with E-state index in [1.807, 2.05) is 24.3 Å². The lowest BCUT2D eigenvalue weighted by Gasteiger charge is -2.30. The fourth-order valence-electron chi connectivity index (χ4n) is 3.89. The minimum Gasteiger partial charge on any atom is -0.493 e. The zero-order valence-corrected chi connectivity index (χ0v) is 13.9. The van der Waals surface area contributed by atoms with Crippen LogP contribution < -0.4 is 10.5 Å². The van der Waals surface area contributed by atoms with E-state index in [0.717, 1.165) is 11.3 Å². The van der Waals surface area contributed by atoms with Crippen LogP contribution in [0.4, 0.5) is 13.2 Å². The summed E-state index contributed by atoms with van der Waals surface area (Å²) in [4.78, 5) is 16.2. The van der Waals surface area contributed by atoms with Gasteiger partial charge in [0.05, 0.1) is 18.2 Å². The van der Waals surface area contributed by atoms with Crippen molar-refractivity contribution in [2.24, 2.45) is 11.7 Å². The molecule has 2 aromatic rings. The second-order valence-corrected chi connectivity index (χ2v) is 6.83. The number of imidazole rings is 1. The Balaban J connectivity index is 1.74. The number of nitrogens with two attached hydrogens (primary N) is 1. The van der Waals surface area contributed by atoms with Crippen LogP contribution in [0.1, 0.15) is 39.9 Å². The van der Waals surface area contributed by atoms with Gasteiger partial charge in [-0.2, -0.15) is 13.2 Å². The number of benzene rings is 1. The molecule has 0 saturated heterocycles. The van der Waals surface area contributed by atoms with Gasteiger partial charge in [-0.15, -0.1) is 0 Å². The van der Waals surface area contributed by atoms with Gasteiger partial charge < -0.3 is 15.0 Å². The van der Waals surface area contributed by atoms with Crippen LogP contribution in [-0.2, 0) is 19.4 Å². The third-order valence-electron chi connectivity index (χ3n) is 5.17. The molecule has 26 heavy (non-hydrogen) atoms. The van der Waals surface area contributed by atoms with Crippen LogP contribution in [0, 0.1) is 5.92 Å². The van der Waals surface area contributed by atoms with Crippen molar-refractivity contribution in [3.63, 3.8) is 0 Å². The van der Waals surface area contributed by atoms with Crippen molar-refractivity contribution in [2.75, 3.05) is 6.61 Å². The van der Waals surface area contributed by atoms with E-state index >= 15 is 0 Å². The molecule has 0 aliphatic carbocycles. The number of alkyl halides is 3. The molecule has 5 nitrogen and oxygen atoms in total. The van der Waals surface area contributed by atoms with E-state index in [1.54, 1.807) is 4.57 Å². The first-order chi connectivity index (χ1) is 12.3. The first kappa shape index (κ1) is 16.9. The Morgan fingerprint density at radius 1 is 1.31 bits per heavy atom. The summed E-state index contributed by atoms with van der Waals surface area (Å²) >= 11 is 0. The third-order valence-corrected chi connectivity index (χ3v) is 5.17. The number of carbonyl (C=O) groups excluding carboxylic acids is 1. The van der Waals surface area contributed by atoms with Gasteiger partial charge in [0.1, 0.15) is 17.3 Å². The molecular formula is C18H18F3N3O2. The number of nitrogens with zero attached hydrogens (tertiary/aromatic N) is 2. The van der Waals surface area contributed by atoms with Gasteiger partial charge in [-0.05, 0) is 24.5 Å². The molecule has 0 fully saturated rings. The zero-order chi connectivity index (χ0) is 18.5. The fraction of sp³-hybridized carbons (Fsp3) is 0.444. The van der Waals surface area contributed by atoms with Crippen molar-refractivity contribution >= 4 is 5.91 Å². The molecule has 2 aliphatic heterocycles. The van der Waals surface area contributed by atoms with Gasteiger partial charge in [0.2, 0.25) is 0 Å². The molecule has 2 aliphatic rings. The predicted octanol–water partition coefficient (Wildman–Crippen LogP) is 2.83. The molecule has 3 heterocycles. The summed E-state index contributed by atoms with van der Waals surface area (Å²) in [5.41, 5.74) is 6.96. The van der Waals surface area contributed by atoms with Crippen LogP contribution in [0.3, 0.4) is 0 Å². The average molecular weight is 365 g/mol. The van der Waals surface area contributed by atoms with E-state index < -0.39 is 18.0 Å². The largest absolute Gasteiger partial charge is 0.493 e. The SMILES string of the molecule is NC(=O)c1nc2n(c1[C@@H]1COc3ccccc3C1)CC(C(F)(F)F)CC2. The molecule has 0 bridgehead atoms. The summed E-state index contributed by atoms with van der Waals surface area (Å²) in [6.45, 7) is 0.0473. The maximum atomic E-state index is 13.2. The van der Waals surface area contributed by atoms with Gasteiger partial charge in [-0.1, -0.05) is 18.2 Å². The first-order valence-electron chi connectivity index (χ1n) is 8.51. The van der Waals surface area contributed by atoms with Gasteiger partial charge in [-0.25, -0.2) is 4.98 Å². The summed E-state index contributed by atoms with van der Waals surface area (Å²) in [5.74, 6) is -1.17. The quantitative estimate of drug-likeness (QED) is 0.890. The Hall–Kier alpha value is -2.51. The van der Waals surface area contributed by atoms with E-state index in [2.05, 4.69) is 4.98 Å². The van der Waals surface area contributed by atoms with E-state index in [9.17, 15) is 18.0 Å². The van der Waals surface area contributed by atoms with Crippen LogP contribution >= 0.6 is 0 Å². The lowest BCUT2D eigenvalue weighted by molar-refractivity contribution is -0.182. The minimum atomic E-state index is -4.28. The van der Waals surface area contributed by atoms with Crippen molar-refractivity contribution in [1.82, 2.24) is 9.55 Å². The van der Waals surface area contributed by atoms with E-state index in [0.29, 0.717) is 17.9 Å². The maximum absolute atomic E-state index is 13.2. The van der Waals surface area contributed by atoms with Crippen LogP contribution in [0.2, 0.25) is 0 Å². The van der Waals surface area contributed by atoms with Crippen LogP contribution in [0.5, 0.6) is 5.75 Å². The summed E-state index contributed by atoms with van der Waals surface area (Å²) in [5, 5.41) is 0. The average Bonchev–Trinajstić information content (AvgIpc) is 2.99. The van der Waals surface area contributed by atoms with Crippen molar-refractivity contribution in [1.29, 1.82) is 0 Å². The predicted molar refractivity (Wildman–Crippen MR) is 87.0 cm³/mol. The monoisotopic (exact) mass is 365 g/mol. The minimum absolute atomic E-state index is 0.0256. The Labute approximate surface area is 148 Å². The zero-order valence-electron chi connectivity index (χ0n) is 13.9. The number of hydrogen-bond acceptors (Lipinski definition) is 3. The molecule has 0 spiro atoms. The maximum Gasteiger partial charge on any atom is 0.393 e. The lowest BCUT2D eigenvalue weighted by Crippen LogP contribution is -2.34. The van der Waals surface area contributed by atoms with Gasteiger partial charge in [0.15, 0.2) is 0 Å². The van der Waals surface area contributed by atoms with E-state index in [-0.39, 0.29) is 37.6 Å². The molecule has 1 aromatic carbocycles. The molecule has 0 radical (unpaired) electrons. The van der Waals surface area contributed by atoms with Gasteiger partial charge in [-0.3, -0.25) is 4.79 Å². The number of hydrogen-bond donors (Lipinski definition) is 1. The first-order valence-corrected chi connectivity index (χ1v) is 8.51. The number of aryl methyl sites for hydroxylation is 1. The van der Waals surface area contributed by atoms with E-state index in [4.69, 9.17) is 10.5 Å². The lowest BCUT2D eigenvalue weighted by atomic mass is 9.91. The van der Waals surface area contributed by atoms with Crippen LogP contribution in [-0.4, -0.2) is 28.2 Å². The van der Waals surface area contributed by atoms with Gasteiger partial charge >= 0.3 is 6.18 Å². The second kappa shape index (κ2) is 6.03. The summed E-state index contributed by atoms with van der Waals surface area (Å²) < 4.78 is 47.0. The van der Waals surface area contributed by atoms with E-state index in [1.165, 1.54) is 0 Å².